The molecule has 1 aromatic heterocycles. The van der Waals surface area contributed by atoms with Gasteiger partial charge in [0.1, 0.15) is 0 Å². The molecule has 2 unspecified atom stereocenters. The van der Waals surface area contributed by atoms with Gasteiger partial charge in [-0.1, -0.05) is 34.1 Å². The number of rotatable bonds is 3. The molecule has 2 heteroatoms. The summed E-state index contributed by atoms with van der Waals surface area (Å²) in [5, 5.41) is 3.56. The Kier molecular flexibility index (Phi) is 4.50. The highest BCUT2D eigenvalue weighted by atomic mass is 32.1. The smallest absolute Gasteiger partial charge is 0.0102 e. The van der Waals surface area contributed by atoms with E-state index in [0.717, 1.165) is 11.8 Å². The van der Waals surface area contributed by atoms with Crippen LogP contribution in [-0.4, -0.2) is 13.1 Å². The van der Waals surface area contributed by atoms with Crippen molar-refractivity contribution in [3.05, 3.63) is 21.9 Å². The van der Waals surface area contributed by atoms with Crippen LogP contribution in [-0.2, 0) is 5.41 Å². The molecule has 0 spiro atoms. The van der Waals surface area contributed by atoms with E-state index in [4.69, 9.17) is 0 Å². The predicted molar refractivity (Wildman–Crippen MR) is 81.6 cm³/mol. The molecule has 2 atom stereocenters. The van der Waals surface area contributed by atoms with E-state index in [1.165, 1.54) is 37.2 Å². The highest BCUT2D eigenvalue weighted by Crippen LogP contribution is 2.39. The van der Waals surface area contributed by atoms with Crippen molar-refractivity contribution in [3.63, 3.8) is 0 Å². The molecule has 0 aliphatic carbocycles. The minimum atomic E-state index is 0.302. The van der Waals surface area contributed by atoms with Crippen LogP contribution in [0.25, 0.3) is 0 Å². The number of nitrogens with one attached hydrogen (secondary N) is 1. The van der Waals surface area contributed by atoms with Gasteiger partial charge in [-0.2, -0.15) is 0 Å². The van der Waals surface area contributed by atoms with E-state index in [9.17, 15) is 0 Å². The van der Waals surface area contributed by atoms with Gasteiger partial charge in [0, 0.05) is 9.75 Å². The van der Waals surface area contributed by atoms with Gasteiger partial charge in [0.2, 0.25) is 0 Å². The number of hydrogen-bond acceptors (Lipinski definition) is 2. The third-order valence-electron chi connectivity index (χ3n) is 4.00. The molecule has 0 aromatic carbocycles. The molecule has 0 bridgehead atoms. The summed E-state index contributed by atoms with van der Waals surface area (Å²) in [6.45, 7) is 11.6. The van der Waals surface area contributed by atoms with Crippen molar-refractivity contribution in [1.82, 2.24) is 5.32 Å². The van der Waals surface area contributed by atoms with E-state index in [2.05, 4.69) is 45.1 Å². The molecule has 1 aliphatic heterocycles. The summed E-state index contributed by atoms with van der Waals surface area (Å²) in [6.07, 6.45) is 3.98. The largest absolute Gasteiger partial charge is 0.316 e. The molecule has 0 radical (unpaired) electrons. The van der Waals surface area contributed by atoms with Crippen LogP contribution >= 0.6 is 11.3 Å². The second-order valence-corrected chi connectivity index (χ2v) is 7.72. The average molecular weight is 265 g/mol. The minimum Gasteiger partial charge on any atom is -0.316 e. The van der Waals surface area contributed by atoms with Crippen LogP contribution in [0.4, 0.5) is 0 Å². The third kappa shape index (κ3) is 3.16. The van der Waals surface area contributed by atoms with E-state index in [1.807, 2.05) is 11.3 Å². The molecule has 1 aromatic rings. The maximum atomic E-state index is 3.56. The first-order valence-corrected chi connectivity index (χ1v) is 8.15. The van der Waals surface area contributed by atoms with Crippen LogP contribution in [0.1, 0.15) is 62.6 Å². The summed E-state index contributed by atoms with van der Waals surface area (Å²) in [5.74, 6) is 1.64. The van der Waals surface area contributed by atoms with E-state index >= 15 is 0 Å². The fraction of sp³-hybridized carbons (Fsp3) is 0.750. The number of hydrogen-bond donors (Lipinski definition) is 1. The monoisotopic (exact) mass is 265 g/mol. The van der Waals surface area contributed by atoms with Gasteiger partial charge in [0.25, 0.3) is 0 Å². The van der Waals surface area contributed by atoms with E-state index in [-0.39, 0.29) is 0 Å². The van der Waals surface area contributed by atoms with E-state index in [0.29, 0.717) is 5.41 Å². The summed E-state index contributed by atoms with van der Waals surface area (Å²) < 4.78 is 0. The lowest BCUT2D eigenvalue weighted by atomic mass is 9.82. The van der Waals surface area contributed by atoms with Gasteiger partial charge >= 0.3 is 0 Å². The summed E-state index contributed by atoms with van der Waals surface area (Å²) >= 11 is 2.05. The van der Waals surface area contributed by atoms with Gasteiger partial charge in [0.15, 0.2) is 0 Å². The van der Waals surface area contributed by atoms with Gasteiger partial charge in [0.05, 0.1) is 0 Å². The second-order valence-electron chi connectivity index (χ2n) is 6.60. The Morgan fingerprint density at radius 2 is 2.11 bits per heavy atom. The summed E-state index contributed by atoms with van der Waals surface area (Å²) in [6, 6.07) is 4.74. The van der Waals surface area contributed by atoms with Gasteiger partial charge in [-0.3, -0.25) is 0 Å². The Morgan fingerprint density at radius 3 is 2.72 bits per heavy atom. The summed E-state index contributed by atoms with van der Waals surface area (Å²) in [7, 11) is 0. The first-order valence-electron chi connectivity index (χ1n) is 7.33. The highest BCUT2D eigenvalue weighted by molar-refractivity contribution is 7.12. The van der Waals surface area contributed by atoms with Gasteiger partial charge in [-0.05, 0) is 55.3 Å². The molecular weight excluding hydrogens is 238 g/mol. The molecule has 1 saturated heterocycles. The molecule has 1 aliphatic rings. The molecule has 0 amide bonds. The van der Waals surface area contributed by atoms with Crippen molar-refractivity contribution >= 4 is 11.3 Å². The fourth-order valence-corrected chi connectivity index (χ4v) is 4.22. The van der Waals surface area contributed by atoms with Crippen molar-refractivity contribution in [3.8, 4) is 0 Å². The van der Waals surface area contributed by atoms with Crippen LogP contribution < -0.4 is 5.32 Å². The molecule has 102 valence electrons. The van der Waals surface area contributed by atoms with E-state index < -0.39 is 0 Å². The Bertz CT molecular complexity index is 373. The molecule has 1 nitrogen and oxygen atoms in total. The van der Waals surface area contributed by atoms with Crippen molar-refractivity contribution in [2.45, 2.75) is 58.3 Å². The lowest BCUT2D eigenvalue weighted by Crippen LogP contribution is -2.35. The van der Waals surface area contributed by atoms with Crippen molar-refractivity contribution < 1.29 is 0 Å². The Balaban J connectivity index is 2.15. The average Bonchev–Trinajstić information content (AvgIpc) is 2.79. The van der Waals surface area contributed by atoms with Gasteiger partial charge in [-0.25, -0.2) is 0 Å². The number of piperidine rings is 1. The van der Waals surface area contributed by atoms with Crippen LogP contribution in [0.3, 0.4) is 0 Å². The quantitative estimate of drug-likeness (QED) is 0.846. The zero-order valence-corrected chi connectivity index (χ0v) is 13.1. The molecule has 18 heavy (non-hydrogen) atoms. The zero-order valence-electron chi connectivity index (χ0n) is 12.3. The normalized spacial score (nSPS) is 25.3. The standard InChI is InChI=1S/C16H27NS/c1-5-6-12-11-17-10-9-13(12)14-7-8-15(18-14)16(2,3)4/h7-8,12-13,17H,5-6,9-11H2,1-4H3. The SMILES string of the molecule is CCCC1CNCCC1c1ccc(C(C)(C)C)s1. The lowest BCUT2D eigenvalue weighted by molar-refractivity contribution is 0.310. The maximum absolute atomic E-state index is 3.56. The summed E-state index contributed by atoms with van der Waals surface area (Å²) in [5.41, 5.74) is 0.302. The summed E-state index contributed by atoms with van der Waals surface area (Å²) in [4.78, 5) is 3.16. The van der Waals surface area contributed by atoms with Crippen molar-refractivity contribution in [2.24, 2.45) is 5.92 Å². The molecule has 0 saturated carbocycles. The zero-order chi connectivity index (χ0) is 13.2. The van der Waals surface area contributed by atoms with Crippen molar-refractivity contribution in [1.29, 1.82) is 0 Å². The van der Waals surface area contributed by atoms with Crippen LogP contribution in [0.5, 0.6) is 0 Å². The Morgan fingerprint density at radius 1 is 1.33 bits per heavy atom. The predicted octanol–water partition coefficient (Wildman–Crippen LogP) is 4.54. The number of thiophene rings is 1. The third-order valence-corrected chi connectivity index (χ3v) is 5.64. The van der Waals surface area contributed by atoms with E-state index in [1.54, 1.807) is 4.88 Å². The van der Waals surface area contributed by atoms with Gasteiger partial charge < -0.3 is 5.32 Å². The van der Waals surface area contributed by atoms with Crippen LogP contribution in [0.15, 0.2) is 12.1 Å². The Labute approximate surface area is 116 Å². The first-order chi connectivity index (χ1) is 8.52. The highest BCUT2D eigenvalue weighted by Gasteiger charge is 2.28. The fourth-order valence-electron chi connectivity index (χ4n) is 2.93. The van der Waals surface area contributed by atoms with Crippen LogP contribution in [0.2, 0.25) is 0 Å². The van der Waals surface area contributed by atoms with Crippen molar-refractivity contribution in [2.75, 3.05) is 13.1 Å². The first kappa shape index (κ1) is 14.1. The van der Waals surface area contributed by atoms with Gasteiger partial charge in [-0.15, -0.1) is 11.3 Å². The lowest BCUT2D eigenvalue weighted by Gasteiger charge is -2.31. The second kappa shape index (κ2) is 5.75. The molecule has 2 heterocycles. The topological polar surface area (TPSA) is 12.0 Å². The molecule has 2 rings (SSSR count). The maximum Gasteiger partial charge on any atom is 0.0102 e. The molecule has 1 fully saturated rings. The minimum absolute atomic E-state index is 0.302. The molecular formula is C16H27NS. The Hall–Kier alpha value is -0.340. The molecule has 1 N–H and O–H groups in total. The van der Waals surface area contributed by atoms with Crippen LogP contribution in [0, 0.1) is 5.92 Å².